The van der Waals surface area contributed by atoms with Crippen LogP contribution >= 0.6 is 0 Å². The first-order valence-corrected chi connectivity index (χ1v) is 5.67. The van der Waals surface area contributed by atoms with Crippen LogP contribution < -0.4 is 10.6 Å². The van der Waals surface area contributed by atoms with Gasteiger partial charge in [0, 0.05) is 0 Å². The second-order valence-electron chi connectivity index (χ2n) is 3.80. The van der Waals surface area contributed by atoms with Crippen molar-refractivity contribution in [3.8, 4) is 6.07 Å². The second-order valence-corrected chi connectivity index (χ2v) is 3.80. The van der Waals surface area contributed by atoms with E-state index in [1.807, 2.05) is 25.1 Å². The van der Waals surface area contributed by atoms with Crippen LogP contribution in [0, 0.1) is 11.3 Å². The van der Waals surface area contributed by atoms with Gasteiger partial charge in [-0.15, -0.1) is 0 Å². The van der Waals surface area contributed by atoms with Crippen molar-refractivity contribution in [1.29, 1.82) is 5.26 Å². The summed E-state index contributed by atoms with van der Waals surface area (Å²) in [5.41, 5.74) is 2.32. The Morgan fingerprint density at radius 1 is 1.41 bits per heavy atom. The molecule has 0 radical (unpaired) electrons. The second kappa shape index (κ2) is 6.54. The summed E-state index contributed by atoms with van der Waals surface area (Å²) in [6.07, 6.45) is 1.00. The number of nitrogens with zero attached hydrogens (tertiary/aromatic N) is 1. The Morgan fingerprint density at radius 2 is 2.06 bits per heavy atom. The van der Waals surface area contributed by atoms with E-state index in [9.17, 15) is 4.79 Å². The predicted octanol–water partition coefficient (Wildman–Crippen LogP) is 2.13. The van der Waals surface area contributed by atoms with Crippen LogP contribution in [0.4, 0.5) is 4.79 Å². The molecular weight excluding hydrogens is 214 g/mol. The number of nitriles is 1. The topological polar surface area (TPSA) is 64.9 Å². The first-order chi connectivity index (χ1) is 8.17. The third-order valence-electron chi connectivity index (χ3n) is 2.56. The third kappa shape index (κ3) is 4.15. The number of carbonyl (C=O) groups excluding carboxylic acids is 1. The van der Waals surface area contributed by atoms with Crippen molar-refractivity contribution < 1.29 is 4.79 Å². The normalized spacial score (nSPS) is 11.4. The van der Waals surface area contributed by atoms with Gasteiger partial charge < -0.3 is 10.6 Å². The SMILES string of the molecule is CCc1ccc(C(C)NC(=O)NCC#N)cc1. The van der Waals surface area contributed by atoms with Crippen LogP contribution in [-0.2, 0) is 6.42 Å². The number of urea groups is 1. The molecule has 2 N–H and O–H groups in total. The van der Waals surface area contributed by atoms with Crippen molar-refractivity contribution in [3.63, 3.8) is 0 Å². The van der Waals surface area contributed by atoms with Crippen LogP contribution in [-0.4, -0.2) is 12.6 Å². The number of benzene rings is 1. The molecule has 4 nitrogen and oxygen atoms in total. The Morgan fingerprint density at radius 3 is 2.59 bits per heavy atom. The average Bonchev–Trinajstić information content (AvgIpc) is 2.36. The molecule has 0 aliphatic heterocycles. The van der Waals surface area contributed by atoms with E-state index >= 15 is 0 Å². The Bertz CT molecular complexity index is 406. The highest BCUT2D eigenvalue weighted by atomic mass is 16.2. The fraction of sp³-hybridized carbons (Fsp3) is 0.385. The molecule has 17 heavy (non-hydrogen) atoms. The maximum Gasteiger partial charge on any atom is 0.316 e. The van der Waals surface area contributed by atoms with E-state index in [-0.39, 0.29) is 18.6 Å². The summed E-state index contributed by atoms with van der Waals surface area (Å²) in [6.45, 7) is 4.03. The van der Waals surface area contributed by atoms with Gasteiger partial charge in [-0.3, -0.25) is 0 Å². The summed E-state index contributed by atoms with van der Waals surface area (Å²) in [4.78, 5) is 11.3. The molecule has 0 spiro atoms. The molecule has 4 heteroatoms. The van der Waals surface area contributed by atoms with Crippen molar-refractivity contribution in [2.75, 3.05) is 6.54 Å². The van der Waals surface area contributed by atoms with Gasteiger partial charge in [-0.25, -0.2) is 4.79 Å². The van der Waals surface area contributed by atoms with Crippen LogP contribution in [0.1, 0.15) is 31.0 Å². The number of rotatable bonds is 4. The highest BCUT2D eigenvalue weighted by Crippen LogP contribution is 2.13. The minimum atomic E-state index is -0.321. The lowest BCUT2D eigenvalue weighted by Crippen LogP contribution is -2.37. The number of amides is 2. The molecule has 1 aromatic rings. The predicted molar refractivity (Wildman–Crippen MR) is 66.4 cm³/mol. The van der Waals surface area contributed by atoms with E-state index in [0.29, 0.717) is 0 Å². The van der Waals surface area contributed by atoms with Crippen LogP contribution in [0.5, 0.6) is 0 Å². The van der Waals surface area contributed by atoms with Gasteiger partial charge in [-0.2, -0.15) is 5.26 Å². The quantitative estimate of drug-likeness (QED) is 0.780. The summed E-state index contributed by atoms with van der Waals surface area (Å²) in [5, 5.41) is 13.5. The Labute approximate surface area is 102 Å². The minimum Gasteiger partial charge on any atom is -0.332 e. The number of hydrogen-bond donors (Lipinski definition) is 2. The third-order valence-corrected chi connectivity index (χ3v) is 2.56. The molecular formula is C13H17N3O. The van der Waals surface area contributed by atoms with Crippen LogP contribution in [0.25, 0.3) is 0 Å². The van der Waals surface area contributed by atoms with Crippen molar-refractivity contribution in [1.82, 2.24) is 10.6 Å². The standard InChI is InChI=1S/C13H17N3O/c1-3-11-4-6-12(7-5-11)10(2)16-13(17)15-9-8-14/h4-7,10H,3,9H2,1-2H3,(H2,15,16,17). The number of hydrogen-bond acceptors (Lipinski definition) is 2. The molecule has 2 amide bonds. The van der Waals surface area contributed by atoms with Gasteiger partial charge in [0.25, 0.3) is 0 Å². The van der Waals surface area contributed by atoms with Gasteiger partial charge in [0.05, 0.1) is 12.1 Å². The molecule has 1 rings (SSSR count). The zero-order chi connectivity index (χ0) is 12.7. The fourth-order valence-corrected chi connectivity index (χ4v) is 1.49. The van der Waals surface area contributed by atoms with Crippen molar-refractivity contribution in [2.24, 2.45) is 0 Å². The maximum atomic E-state index is 11.3. The minimum absolute atomic E-state index is 0.0212. The molecule has 1 unspecified atom stereocenters. The highest BCUT2D eigenvalue weighted by molar-refractivity contribution is 5.74. The first-order valence-electron chi connectivity index (χ1n) is 5.67. The average molecular weight is 231 g/mol. The van der Waals surface area contributed by atoms with E-state index in [4.69, 9.17) is 5.26 Å². The van der Waals surface area contributed by atoms with E-state index in [1.165, 1.54) is 5.56 Å². The first kappa shape index (κ1) is 13.0. The molecule has 0 saturated heterocycles. The molecule has 0 fully saturated rings. The maximum absolute atomic E-state index is 11.3. The van der Waals surface area contributed by atoms with E-state index < -0.39 is 0 Å². The summed E-state index contributed by atoms with van der Waals surface area (Å²) in [6, 6.07) is 9.59. The van der Waals surface area contributed by atoms with Gasteiger partial charge in [-0.05, 0) is 24.5 Å². The zero-order valence-electron chi connectivity index (χ0n) is 10.2. The number of carbonyl (C=O) groups is 1. The van der Waals surface area contributed by atoms with Crippen LogP contribution in [0.15, 0.2) is 24.3 Å². The van der Waals surface area contributed by atoms with E-state index in [0.717, 1.165) is 12.0 Å². The van der Waals surface area contributed by atoms with Gasteiger partial charge in [-0.1, -0.05) is 31.2 Å². The molecule has 0 aliphatic rings. The van der Waals surface area contributed by atoms with Crippen molar-refractivity contribution >= 4 is 6.03 Å². The monoisotopic (exact) mass is 231 g/mol. The lowest BCUT2D eigenvalue weighted by molar-refractivity contribution is 0.239. The Balaban J connectivity index is 2.54. The fourth-order valence-electron chi connectivity index (χ4n) is 1.49. The van der Waals surface area contributed by atoms with Crippen LogP contribution in [0.3, 0.4) is 0 Å². The molecule has 1 aromatic carbocycles. The van der Waals surface area contributed by atoms with Gasteiger partial charge in [0.2, 0.25) is 0 Å². The van der Waals surface area contributed by atoms with Crippen molar-refractivity contribution in [2.45, 2.75) is 26.3 Å². The molecule has 0 heterocycles. The highest BCUT2D eigenvalue weighted by Gasteiger charge is 2.08. The summed E-state index contributed by atoms with van der Waals surface area (Å²) in [7, 11) is 0. The Hall–Kier alpha value is -2.02. The molecule has 90 valence electrons. The molecule has 0 aromatic heterocycles. The smallest absolute Gasteiger partial charge is 0.316 e. The van der Waals surface area contributed by atoms with Crippen LogP contribution in [0.2, 0.25) is 0 Å². The molecule has 0 bridgehead atoms. The zero-order valence-corrected chi connectivity index (χ0v) is 10.2. The van der Waals surface area contributed by atoms with Gasteiger partial charge >= 0.3 is 6.03 Å². The summed E-state index contributed by atoms with van der Waals surface area (Å²) < 4.78 is 0. The lowest BCUT2D eigenvalue weighted by atomic mass is 10.1. The number of aryl methyl sites for hydroxylation is 1. The largest absolute Gasteiger partial charge is 0.332 e. The van der Waals surface area contributed by atoms with E-state index in [1.54, 1.807) is 0 Å². The molecule has 0 saturated carbocycles. The summed E-state index contributed by atoms with van der Waals surface area (Å²) >= 11 is 0. The van der Waals surface area contributed by atoms with Gasteiger partial charge in [0.1, 0.15) is 6.54 Å². The molecule has 0 aliphatic carbocycles. The summed E-state index contributed by atoms with van der Waals surface area (Å²) in [5.74, 6) is 0. The number of nitrogens with one attached hydrogen (secondary N) is 2. The molecule has 1 atom stereocenters. The Kier molecular flexibility index (Phi) is 5.02. The van der Waals surface area contributed by atoms with Gasteiger partial charge in [0.15, 0.2) is 0 Å². The van der Waals surface area contributed by atoms with E-state index in [2.05, 4.69) is 29.7 Å². The van der Waals surface area contributed by atoms with Crippen molar-refractivity contribution in [3.05, 3.63) is 35.4 Å². The lowest BCUT2D eigenvalue weighted by Gasteiger charge is -2.14.